The predicted molar refractivity (Wildman–Crippen MR) is 94.1 cm³/mol. The maximum atomic E-state index is 12.2. The van der Waals surface area contributed by atoms with E-state index in [1.54, 1.807) is 11.3 Å². The minimum absolute atomic E-state index is 0.112. The average molecular weight is 337 g/mol. The van der Waals surface area contributed by atoms with Crippen molar-refractivity contribution < 1.29 is 4.79 Å². The molecule has 3 heterocycles. The van der Waals surface area contributed by atoms with Gasteiger partial charge in [-0.2, -0.15) is 0 Å². The number of aromatic nitrogens is 2. The Kier molecular flexibility index (Phi) is 3.58. The fourth-order valence-electron chi connectivity index (χ4n) is 2.24. The second kappa shape index (κ2) is 5.88. The summed E-state index contributed by atoms with van der Waals surface area (Å²) in [6, 6.07) is 11.6. The smallest absolute Gasteiger partial charge is 0.262 e. The largest absolute Gasteiger partial charge is 0.340 e. The number of nitrogens with zero attached hydrogens (tertiary/aromatic N) is 2. The van der Waals surface area contributed by atoms with E-state index < -0.39 is 0 Å². The molecule has 0 spiro atoms. The van der Waals surface area contributed by atoms with Gasteiger partial charge in [0.15, 0.2) is 4.96 Å². The van der Waals surface area contributed by atoms with Gasteiger partial charge in [0.25, 0.3) is 5.91 Å². The van der Waals surface area contributed by atoms with Crippen LogP contribution in [0.25, 0.3) is 15.3 Å². The lowest BCUT2D eigenvalue weighted by molar-refractivity contribution is 0.0963. The van der Waals surface area contributed by atoms with Gasteiger partial charge >= 0.3 is 0 Å². The molecule has 0 bridgehead atoms. The summed E-state index contributed by atoms with van der Waals surface area (Å²) in [5.74, 6) is 5.86. The molecule has 0 unspecified atom stereocenters. The van der Waals surface area contributed by atoms with Crippen molar-refractivity contribution in [2.45, 2.75) is 0 Å². The van der Waals surface area contributed by atoms with E-state index in [1.807, 2.05) is 52.4 Å². The normalized spacial score (nSPS) is 10.6. The highest BCUT2D eigenvalue weighted by Gasteiger charge is 2.14. The van der Waals surface area contributed by atoms with Gasteiger partial charge in [0.2, 0.25) is 0 Å². The van der Waals surface area contributed by atoms with Crippen LogP contribution in [0, 0.1) is 11.8 Å². The molecule has 0 saturated heterocycles. The molecule has 0 aliphatic heterocycles. The molecule has 4 rings (SSSR count). The van der Waals surface area contributed by atoms with E-state index in [4.69, 9.17) is 0 Å². The fourth-order valence-corrected chi connectivity index (χ4v) is 3.96. The maximum Gasteiger partial charge on any atom is 0.262 e. The summed E-state index contributed by atoms with van der Waals surface area (Å²) in [4.78, 5) is 19.2. The number of hydrogen-bond acceptors (Lipinski definition) is 4. The van der Waals surface area contributed by atoms with Crippen LogP contribution in [0.15, 0.2) is 48.0 Å². The highest BCUT2D eigenvalue weighted by atomic mass is 32.1. The highest BCUT2D eigenvalue weighted by molar-refractivity contribution is 7.21. The molecule has 1 aromatic carbocycles. The average Bonchev–Trinajstić information content (AvgIpc) is 3.24. The minimum atomic E-state index is -0.112. The number of fused-ring (bicyclic) bond motifs is 3. The zero-order valence-corrected chi connectivity index (χ0v) is 13.6. The Morgan fingerprint density at radius 2 is 2.17 bits per heavy atom. The van der Waals surface area contributed by atoms with E-state index in [0.29, 0.717) is 11.4 Å². The molecule has 0 fully saturated rings. The second-order valence-electron chi connectivity index (χ2n) is 4.82. The molecule has 0 aliphatic carbocycles. The number of hydrogen-bond donors (Lipinski definition) is 1. The van der Waals surface area contributed by atoms with Crippen molar-refractivity contribution in [3.8, 4) is 11.8 Å². The van der Waals surface area contributed by atoms with Crippen LogP contribution in [-0.2, 0) is 0 Å². The van der Waals surface area contributed by atoms with E-state index in [9.17, 15) is 4.79 Å². The van der Waals surface area contributed by atoms with E-state index in [2.05, 4.69) is 22.1 Å². The van der Waals surface area contributed by atoms with Gasteiger partial charge < -0.3 is 5.32 Å². The van der Waals surface area contributed by atoms with Gasteiger partial charge in [0.05, 0.1) is 16.9 Å². The van der Waals surface area contributed by atoms with Gasteiger partial charge in [0.1, 0.15) is 4.83 Å². The molecule has 1 amide bonds. The Morgan fingerprint density at radius 1 is 1.30 bits per heavy atom. The van der Waals surface area contributed by atoms with Crippen molar-refractivity contribution in [3.05, 3.63) is 58.4 Å². The van der Waals surface area contributed by atoms with Gasteiger partial charge in [-0.1, -0.05) is 30.0 Å². The van der Waals surface area contributed by atoms with Crippen molar-refractivity contribution in [2.75, 3.05) is 6.54 Å². The molecule has 0 atom stereocenters. The third-order valence-electron chi connectivity index (χ3n) is 3.31. The second-order valence-corrected chi connectivity index (χ2v) is 6.72. The lowest BCUT2D eigenvalue weighted by Gasteiger charge is -1.96. The summed E-state index contributed by atoms with van der Waals surface area (Å²) >= 11 is 2.99. The molecular formula is C17H11N3OS2. The summed E-state index contributed by atoms with van der Waals surface area (Å²) in [6.45, 7) is 0.324. The quantitative estimate of drug-likeness (QED) is 0.570. The van der Waals surface area contributed by atoms with Crippen molar-refractivity contribution in [2.24, 2.45) is 0 Å². The van der Waals surface area contributed by atoms with Crippen LogP contribution in [0.5, 0.6) is 0 Å². The molecule has 6 heteroatoms. The lowest BCUT2D eigenvalue weighted by Crippen LogP contribution is -2.22. The Hall–Kier alpha value is -2.62. The molecule has 1 N–H and O–H groups in total. The molecule has 0 radical (unpaired) electrons. The summed E-state index contributed by atoms with van der Waals surface area (Å²) in [6.07, 6.45) is 1.97. The Bertz CT molecular complexity index is 1050. The number of rotatable bonds is 2. The van der Waals surface area contributed by atoms with E-state index in [-0.39, 0.29) is 5.91 Å². The maximum absolute atomic E-state index is 12.2. The zero-order valence-electron chi connectivity index (χ0n) is 11.9. The first-order chi connectivity index (χ1) is 11.3. The fraction of sp³-hybridized carbons (Fsp3) is 0.0588. The molecule has 0 saturated carbocycles. The van der Waals surface area contributed by atoms with Crippen LogP contribution < -0.4 is 5.32 Å². The Labute approximate surface area is 140 Å². The zero-order chi connectivity index (χ0) is 15.6. The Balaban J connectivity index is 1.46. The summed E-state index contributed by atoms with van der Waals surface area (Å²) in [5, 5.41) is 4.81. The van der Waals surface area contributed by atoms with Crippen molar-refractivity contribution in [1.82, 2.24) is 14.7 Å². The number of benzene rings is 1. The van der Waals surface area contributed by atoms with Crippen LogP contribution in [0.3, 0.4) is 0 Å². The number of carbonyl (C=O) groups is 1. The summed E-state index contributed by atoms with van der Waals surface area (Å²) < 4.78 is 2.00. The molecule has 3 aromatic heterocycles. The minimum Gasteiger partial charge on any atom is -0.340 e. The van der Waals surface area contributed by atoms with Gasteiger partial charge in [-0.15, -0.1) is 22.7 Å². The number of carbonyl (C=O) groups excluding carboxylic acids is 1. The lowest BCUT2D eigenvalue weighted by atomic mass is 10.2. The van der Waals surface area contributed by atoms with Gasteiger partial charge in [0, 0.05) is 17.1 Å². The van der Waals surface area contributed by atoms with E-state index >= 15 is 0 Å². The first-order valence-electron chi connectivity index (χ1n) is 6.98. The topological polar surface area (TPSA) is 46.4 Å². The predicted octanol–water partition coefficient (Wildman–Crippen LogP) is 3.39. The van der Waals surface area contributed by atoms with Crippen LogP contribution in [0.1, 0.15) is 15.2 Å². The number of thiophene rings is 1. The summed E-state index contributed by atoms with van der Waals surface area (Å²) in [5.41, 5.74) is 1.92. The van der Waals surface area contributed by atoms with E-state index in [1.165, 1.54) is 11.3 Å². The van der Waals surface area contributed by atoms with Crippen molar-refractivity contribution >= 4 is 43.9 Å². The molecule has 4 nitrogen and oxygen atoms in total. The number of amides is 1. The number of thiazole rings is 1. The Morgan fingerprint density at radius 3 is 3.04 bits per heavy atom. The van der Waals surface area contributed by atoms with Crippen LogP contribution in [0.4, 0.5) is 0 Å². The highest BCUT2D eigenvalue weighted by Crippen LogP contribution is 2.28. The third-order valence-corrected chi connectivity index (χ3v) is 5.08. The molecule has 23 heavy (non-hydrogen) atoms. The first kappa shape index (κ1) is 14.0. The van der Waals surface area contributed by atoms with Crippen molar-refractivity contribution in [3.63, 3.8) is 0 Å². The SMILES string of the molecule is O=C(NCC#Cc1ccccc1)c1cc2c(nc3sccn32)s1. The summed E-state index contributed by atoms with van der Waals surface area (Å²) in [7, 11) is 0. The van der Waals surface area contributed by atoms with Crippen LogP contribution >= 0.6 is 22.7 Å². The molecule has 0 aliphatic rings. The van der Waals surface area contributed by atoms with Gasteiger partial charge in [-0.25, -0.2) is 4.98 Å². The monoisotopic (exact) mass is 337 g/mol. The van der Waals surface area contributed by atoms with Gasteiger partial charge in [-0.3, -0.25) is 9.20 Å². The first-order valence-corrected chi connectivity index (χ1v) is 8.68. The number of imidazole rings is 1. The number of nitrogens with one attached hydrogen (secondary N) is 1. The van der Waals surface area contributed by atoms with Crippen LogP contribution in [0.2, 0.25) is 0 Å². The van der Waals surface area contributed by atoms with Gasteiger partial charge in [-0.05, 0) is 18.2 Å². The van der Waals surface area contributed by atoms with Crippen LogP contribution in [-0.4, -0.2) is 21.8 Å². The van der Waals surface area contributed by atoms with Crippen molar-refractivity contribution in [1.29, 1.82) is 0 Å². The molecule has 112 valence electrons. The van der Waals surface area contributed by atoms with E-state index in [0.717, 1.165) is 20.9 Å². The molecule has 4 aromatic rings. The molecular weight excluding hydrogens is 326 g/mol. The standard InChI is InChI=1S/C17H11N3OS2/c21-15(18-8-4-7-12-5-2-1-3-6-12)14-11-13-16(23-14)19-17-20(13)9-10-22-17/h1-3,5-6,9-11H,8H2,(H,18,21). The third kappa shape index (κ3) is 2.72.